The van der Waals surface area contributed by atoms with Crippen molar-refractivity contribution < 1.29 is 29.2 Å². The molecule has 0 bridgehead atoms. The third kappa shape index (κ3) is 8.93. The predicted molar refractivity (Wildman–Crippen MR) is 87.2 cm³/mol. The van der Waals surface area contributed by atoms with Crippen LogP contribution in [0.5, 0.6) is 0 Å². The Morgan fingerprint density at radius 1 is 1.14 bits per heavy atom. The van der Waals surface area contributed by atoms with Crippen LogP contribution in [0.1, 0.15) is 32.6 Å². The minimum absolute atomic E-state index is 0.0764. The first-order valence-corrected chi connectivity index (χ1v) is 8.86. The summed E-state index contributed by atoms with van der Waals surface area (Å²) in [6.07, 6.45) is 2.00. The monoisotopic (exact) mass is 332 g/mol. The SMILES string of the molecule is CCCC/C(C(=O)O)=C(\CC=[P+]([O-])CC[N+](C)(C)C)C(=O)O. The van der Waals surface area contributed by atoms with Crippen LogP contribution in [0.3, 0.4) is 0 Å². The highest BCUT2D eigenvalue weighted by molar-refractivity contribution is 7.50. The molecule has 2 N–H and O–H groups in total. The lowest BCUT2D eigenvalue weighted by atomic mass is 10.0. The number of carbonyl (C=O) groups is 2. The summed E-state index contributed by atoms with van der Waals surface area (Å²) in [6, 6.07) is 0. The van der Waals surface area contributed by atoms with Gasteiger partial charge in [0.15, 0.2) is 6.16 Å². The van der Waals surface area contributed by atoms with E-state index in [0.717, 1.165) is 6.42 Å². The molecule has 6 nitrogen and oxygen atoms in total. The fourth-order valence-electron chi connectivity index (χ4n) is 1.76. The fourth-order valence-corrected chi connectivity index (χ4v) is 3.13. The number of hydrogen-bond donors (Lipinski definition) is 2. The molecule has 0 fully saturated rings. The number of unbranched alkanes of at least 4 members (excludes halogenated alkanes) is 1. The molecule has 0 heterocycles. The van der Waals surface area contributed by atoms with Crippen molar-refractivity contribution >= 4 is 25.5 Å². The summed E-state index contributed by atoms with van der Waals surface area (Å²) >= 11 is 0. The molecule has 0 aromatic rings. The summed E-state index contributed by atoms with van der Waals surface area (Å²) in [5, 5.41) is 18.4. The third-order valence-electron chi connectivity index (χ3n) is 3.15. The largest absolute Gasteiger partial charge is 0.631 e. The standard InChI is InChI=1S/C15H26NO5P/c1-5-6-7-12(14(17)18)13(15(19)20)8-10-22(21)11-9-16(2,3)4/h10H,5-9,11H2,1-4H3,(H-,17,18,19,20)/p+1/b13-12-. The first kappa shape index (κ1) is 20.8. The van der Waals surface area contributed by atoms with Gasteiger partial charge in [-0.05, 0) is 12.8 Å². The Kier molecular flexibility index (Phi) is 9.18. The highest BCUT2D eigenvalue weighted by atomic mass is 31.1. The van der Waals surface area contributed by atoms with Gasteiger partial charge in [-0.3, -0.25) is 0 Å². The normalized spacial score (nSPS) is 13.8. The zero-order valence-electron chi connectivity index (χ0n) is 13.8. The molecule has 7 heteroatoms. The van der Waals surface area contributed by atoms with Crippen molar-refractivity contribution in [2.24, 2.45) is 0 Å². The van der Waals surface area contributed by atoms with Crippen molar-refractivity contribution in [2.75, 3.05) is 33.8 Å². The van der Waals surface area contributed by atoms with Crippen molar-refractivity contribution in [3.8, 4) is 0 Å². The summed E-state index contributed by atoms with van der Waals surface area (Å²) in [5.41, 5.74) is -0.241. The van der Waals surface area contributed by atoms with Crippen LogP contribution in [0, 0.1) is 0 Å². The molecular weight excluding hydrogens is 305 g/mol. The summed E-state index contributed by atoms with van der Waals surface area (Å²) in [4.78, 5) is 34.5. The lowest BCUT2D eigenvalue weighted by Gasteiger charge is -2.22. The zero-order valence-corrected chi connectivity index (χ0v) is 14.7. The van der Waals surface area contributed by atoms with Gasteiger partial charge in [0.2, 0.25) is 0 Å². The Bertz CT molecular complexity index is 463. The van der Waals surface area contributed by atoms with Gasteiger partial charge in [0.1, 0.15) is 6.54 Å². The second kappa shape index (κ2) is 9.72. The van der Waals surface area contributed by atoms with Gasteiger partial charge < -0.3 is 19.6 Å². The average Bonchev–Trinajstić information content (AvgIpc) is 2.38. The highest BCUT2D eigenvalue weighted by Crippen LogP contribution is 2.19. The topological polar surface area (TPSA) is 97.7 Å². The minimum Gasteiger partial charge on any atom is -0.631 e. The maximum absolute atomic E-state index is 11.9. The number of carboxylic acids is 2. The van der Waals surface area contributed by atoms with E-state index in [0.29, 0.717) is 23.6 Å². The fraction of sp³-hybridized carbons (Fsp3) is 0.667. The second-order valence-electron chi connectivity index (χ2n) is 6.21. The molecule has 0 aliphatic carbocycles. The molecule has 0 aliphatic rings. The van der Waals surface area contributed by atoms with E-state index in [1.54, 1.807) is 0 Å². The van der Waals surface area contributed by atoms with Crippen LogP contribution in [0.4, 0.5) is 0 Å². The number of carboxylic acid groups (broad SMARTS) is 2. The minimum atomic E-state index is -1.64. The number of quaternary nitrogens is 1. The van der Waals surface area contributed by atoms with E-state index in [9.17, 15) is 24.7 Å². The number of hydrogen-bond acceptors (Lipinski definition) is 3. The van der Waals surface area contributed by atoms with E-state index in [1.807, 2.05) is 28.1 Å². The molecule has 126 valence electrons. The van der Waals surface area contributed by atoms with Crippen molar-refractivity contribution in [1.29, 1.82) is 0 Å². The molecule has 0 radical (unpaired) electrons. The van der Waals surface area contributed by atoms with Crippen molar-refractivity contribution in [3.63, 3.8) is 0 Å². The van der Waals surface area contributed by atoms with E-state index in [4.69, 9.17) is 0 Å². The second-order valence-corrected chi connectivity index (χ2v) is 7.86. The van der Waals surface area contributed by atoms with Gasteiger partial charge in [0.05, 0.1) is 40.3 Å². The molecule has 0 aromatic carbocycles. The van der Waals surface area contributed by atoms with Crippen molar-refractivity contribution in [2.45, 2.75) is 32.6 Å². The Balaban J connectivity index is 5.10. The number of nitrogens with zero attached hydrogens (tertiary/aromatic N) is 1. The molecular formula is C15H27NO5P+. The third-order valence-corrected chi connectivity index (χ3v) is 4.38. The first-order chi connectivity index (χ1) is 10.1. The summed E-state index contributed by atoms with van der Waals surface area (Å²) in [7, 11) is 4.32. The summed E-state index contributed by atoms with van der Waals surface area (Å²) in [5.74, 6) is -1.02. The van der Waals surface area contributed by atoms with Crippen LogP contribution in [-0.4, -0.2) is 66.3 Å². The number of rotatable bonds is 10. The lowest BCUT2D eigenvalue weighted by Crippen LogP contribution is -2.36. The van der Waals surface area contributed by atoms with Crippen LogP contribution in [0.15, 0.2) is 11.1 Å². The first-order valence-electron chi connectivity index (χ1n) is 7.34. The van der Waals surface area contributed by atoms with Crippen molar-refractivity contribution in [3.05, 3.63) is 11.1 Å². The van der Waals surface area contributed by atoms with Gasteiger partial charge in [-0.1, -0.05) is 13.3 Å². The Hall–Kier alpha value is -1.23. The van der Waals surface area contributed by atoms with Gasteiger partial charge in [0, 0.05) is 12.0 Å². The van der Waals surface area contributed by atoms with Crippen molar-refractivity contribution in [1.82, 2.24) is 0 Å². The molecule has 0 saturated carbocycles. The van der Waals surface area contributed by atoms with Gasteiger partial charge in [-0.25, -0.2) is 9.59 Å². The average molecular weight is 332 g/mol. The lowest BCUT2D eigenvalue weighted by molar-refractivity contribution is -0.867. The smallest absolute Gasteiger partial charge is 0.332 e. The van der Waals surface area contributed by atoms with Crippen LogP contribution >= 0.6 is 7.77 Å². The molecule has 0 aliphatic heterocycles. The Morgan fingerprint density at radius 3 is 2.09 bits per heavy atom. The highest BCUT2D eigenvalue weighted by Gasteiger charge is 2.20. The molecule has 0 amide bonds. The van der Waals surface area contributed by atoms with Gasteiger partial charge >= 0.3 is 11.9 Å². The van der Waals surface area contributed by atoms with E-state index < -0.39 is 19.7 Å². The maximum Gasteiger partial charge on any atom is 0.332 e. The van der Waals surface area contributed by atoms with E-state index in [1.165, 1.54) is 5.80 Å². The predicted octanol–water partition coefficient (Wildman–Crippen LogP) is 1.30. The molecule has 0 spiro atoms. The molecule has 0 aromatic heterocycles. The molecule has 0 saturated heterocycles. The van der Waals surface area contributed by atoms with Crippen LogP contribution in [0.2, 0.25) is 0 Å². The van der Waals surface area contributed by atoms with E-state index in [-0.39, 0.29) is 24.0 Å². The van der Waals surface area contributed by atoms with Crippen LogP contribution in [0.25, 0.3) is 0 Å². The summed E-state index contributed by atoms with van der Waals surface area (Å²) < 4.78 is 0.674. The van der Waals surface area contributed by atoms with E-state index >= 15 is 0 Å². The Labute approximate surface area is 133 Å². The zero-order chi connectivity index (χ0) is 17.3. The Morgan fingerprint density at radius 2 is 1.68 bits per heavy atom. The molecule has 1 unspecified atom stereocenters. The van der Waals surface area contributed by atoms with Crippen LogP contribution < -0.4 is 4.89 Å². The molecule has 1 atom stereocenters. The van der Waals surface area contributed by atoms with E-state index in [2.05, 4.69) is 0 Å². The van der Waals surface area contributed by atoms with Gasteiger partial charge in [0.25, 0.3) is 0 Å². The maximum atomic E-state index is 11.9. The molecule has 22 heavy (non-hydrogen) atoms. The molecule has 0 rings (SSSR count). The van der Waals surface area contributed by atoms with Gasteiger partial charge in [-0.2, -0.15) is 0 Å². The quantitative estimate of drug-likeness (QED) is 0.357. The number of aliphatic carboxylic acids is 2. The summed E-state index contributed by atoms with van der Waals surface area (Å²) in [6.45, 7) is 2.62. The van der Waals surface area contributed by atoms with Gasteiger partial charge in [-0.15, -0.1) is 0 Å². The van der Waals surface area contributed by atoms with Crippen LogP contribution in [-0.2, 0) is 9.59 Å².